The first-order chi connectivity index (χ1) is 15.9. The number of carbonyl (C=O) groups is 4. The maximum atomic E-state index is 12.9. The van der Waals surface area contributed by atoms with E-state index in [4.69, 9.17) is 11.6 Å². The van der Waals surface area contributed by atoms with Crippen LogP contribution in [0, 0.1) is 0 Å². The van der Waals surface area contributed by atoms with Crippen molar-refractivity contribution in [3.63, 3.8) is 0 Å². The van der Waals surface area contributed by atoms with Gasteiger partial charge in [-0.25, -0.2) is 0 Å². The van der Waals surface area contributed by atoms with Gasteiger partial charge < -0.3 is 10.6 Å². The van der Waals surface area contributed by atoms with Crippen LogP contribution >= 0.6 is 23.4 Å². The number of thioether (sulfide) groups is 1. The molecule has 3 aromatic carbocycles. The summed E-state index contributed by atoms with van der Waals surface area (Å²) in [5, 5.41) is 5.80. The molecule has 1 fully saturated rings. The minimum Gasteiger partial charge on any atom is -0.322 e. The van der Waals surface area contributed by atoms with Gasteiger partial charge in [0.25, 0.3) is 17.1 Å². The van der Waals surface area contributed by atoms with Crippen molar-refractivity contribution in [1.82, 2.24) is 4.90 Å². The lowest BCUT2D eigenvalue weighted by Crippen LogP contribution is -2.28. The Morgan fingerprint density at radius 2 is 1.67 bits per heavy atom. The number of imide groups is 1. The van der Waals surface area contributed by atoms with Crippen LogP contribution in [-0.2, 0) is 11.3 Å². The van der Waals surface area contributed by atoms with E-state index in [0.717, 1.165) is 16.7 Å². The molecule has 0 unspecified atom stereocenters. The Balaban J connectivity index is 1.49. The van der Waals surface area contributed by atoms with Gasteiger partial charge in [0.2, 0.25) is 5.91 Å². The van der Waals surface area contributed by atoms with Crippen LogP contribution in [0.1, 0.15) is 26.3 Å². The third-order valence-electron chi connectivity index (χ3n) is 4.89. The lowest BCUT2D eigenvalue weighted by Gasteiger charge is -2.14. The van der Waals surface area contributed by atoms with Gasteiger partial charge in [-0.3, -0.25) is 24.1 Å². The maximum absolute atomic E-state index is 12.9. The zero-order valence-corrected chi connectivity index (χ0v) is 18.8. The fourth-order valence-corrected chi connectivity index (χ4v) is 4.09. The predicted octanol–water partition coefficient (Wildman–Crippen LogP) is 5.04. The van der Waals surface area contributed by atoms with E-state index in [0.29, 0.717) is 33.1 Å². The molecule has 1 saturated heterocycles. The van der Waals surface area contributed by atoms with Crippen LogP contribution in [0.4, 0.5) is 16.2 Å². The highest BCUT2D eigenvalue weighted by Gasteiger charge is 2.29. The maximum Gasteiger partial charge on any atom is 0.289 e. The molecule has 1 aliphatic rings. The van der Waals surface area contributed by atoms with Crippen molar-refractivity contribution in [2.75, 3.05) is 16.4 Å². The van der Waals surface area contributed by atoms with E-state index in [1.54, 1.807) is 72.8 Å². The van der Waals surface area contributed by atoms with Gasteiger partial charge in [0.1, 0.15) is 0 Å². The molecule has 2 N–H and O–H groups in total. The number of anilines is 2. The second kappa shape index (κ2) is 9.89. The molecule has 0 aromatic heterocycles. The van der Waals surface area contributed by atoms with Crippen LogP contribution in [0.3, 0.4) is 0 Å². The van der Waals surface area contributed by atoms with Gasteiger partial charge in [0.15, 0.2) is 0 Å². The number of nitrogens with zero attached hydrogens (tertiary/aromatic N) is 1. The summed E-state index contributed by atoms with van der Waals surface area (Å²) in [6.07, 6.45) is 0. The van der Waals surface area contributed by atoms with Gasteiger partial charge in [-0.2, -0.15) is 0 Å². The summed E-state index contributed by atoms with van der Waals surface area (Å²) in [7, 11) is 0. The summed E-state index contributed by atoms with van der Waals surface area (Å²) in [6.45, 7) is 0.103. The van der Waals surface area contributed by atoms with E-state index in [1.165, 1.54) is 0 Å². The molecule has 4 amide bonds. The van der Waals surface area contributed by atoms with Crippen molar-refractivity contribution in [1.29, 1.82) is 0 Å². The molecule has 7 nitrogen and oxygen atoms in total. The fraction of sp³-hybridized carbons (Fsp3) is 0.0833. The number of hydrogen-bond donors (Lipinski definition) is 2. The molecule has 0 atom stereocenters. The highest BCUT2D eigenvalue weighted by atomic mass is 35.5. The van der Waals surface area contributed by atoms with Crippen molar-refractivity contribution in [2.24, 2.45) is 0 Å². The van der Waals surface area contributed by atoms with Crippen molar-refractivity contribution >= 4 is 57.7 Å². The quantitative estimate of drug-likeness (QED) is 0.516. The Bertz CT molecular complexity index is 1230. The lowest BCUT2D eigenvalue weighted by atomic mass is 10.1. The molecule has 33 heavy (non-hydrogen) atoms. The van der Waals surface area contributed by atoms with Crippen molar-refractivity contribution < 1.29 is 19.2 Å². The number of hydrogen-bond acceptors (Lipinski definition) is 5. The summed E-state index contributed by atoms with van der Waals surface area (Å²) in [5.41, 5.74) is 2.21. The second-order valence-electron chi connectivity index (χ2n) is 7.20. The average molecular weight is 480 g/mol. The monoisotopic (exact) mass is 479 g/mol. The van der Waals surface area contributed by atoms with Gasteiger partial charge in [0.05, 0.1) is 23.5 Å². The Morgan fingerprint density at radius 3 is 2.39 bits per heavy atom. The molecule has 0 saturated carbocycles. The second-order valence-corrected chi connectivity index (χ2v) is 8.56. The van der Waals surface area contributed by atoms with E-state index >= 15 is 0 Å². The average Bonchev–Trinajstić information content (AvgIpc) is 3.13. The Kier molecular flexibility index (Phi) is 6.76. The van der Waals surface area contributed by atoms with Gasteiger partial charge >= 0.3 is 0 Å². The number of benzene rings is 3. The molecule has 4 rings (SSSR count). The van der Waals surface area contributed by atoms with Crippen LogP contribution in [-0.4, -0.2) is 33.6 Å². The Labute approximate surface area is 199 Å². The van der Waals surface area contributed by atoms with Gasteiger partial charge in [0, 0.05) is 16.3 Å². The SMILES string of the molecule is O=C(Nc1ccccc1C(=O)Nc1ccc(Cl)cc1)c1cccc(CN2C(=O)CSC2=O)c1. The van der Waals surface area contributed by atoms with Crippen LogP contribution in [0.2, 0.25) is 5.02 Å². The smallest absolute Gasteiger partial charge is 0.289 e. The fourth-order valence-electron chi connectivity index (χ4n) is 3.24. The molecule has 1 aliphatic heterocycles. The zero-order valence-electron chi connectivity index (χ0n) is 17.2. The number of carbonyl (C=O) groups excluding carboxylic acids is 4. The Morgan fingerprint density at radius 1 is 0.909 bits per heavy atom. The van der Waals surface area contributed by atoms with E-state index in [-0.39, 0.29) is 29.4 Å². The first-order valence-electron chi connectivity index (χ1n) is 9.94. The molecular formula is C24H18ClN3O4S. The van der Waals surface area contributed by atoms with Gasteiger partial charge in [-0.05, 0) is 54.1 Å². The summed E-state index contributed by atoms with van der Waals surface area (Å²) < 4.78 is 0. The molecule has 3 aromatic rings. The summed E-state index contributed by atoms with van der Waals surface area (Å²) in [5.74, 6) is -0.920. The van der Waals surface area contributed by atoms with E-state index < -0.39 is 5.91 Å². The highest BCUT2D eigenvalue weighted by Crippen LogP contribution is 2.23. The Hall–Kier alpha value is -3.62. The van der Waals surface area contributed by atoms with E-state index in [1.807, 2.05) is 0 Å². The van der Waals surface area contributed by atoms with E-state index in [9.17, 15) is 19.2 Å². The third-order valence-corrected chi connectivity index (χ3v) is 6.00. The van der Waals surface area contributed by atoms with Gasteiger partial charge in [-0.15, -0.1) is 0 Å². The molecule has 0 spiro atoms. The topological polar surface area (TPSA) is 95.6 Å². The normalized spacial score (nSPS) is 13.2. The van der Waals surface area contributed by atoms with E-state index in [2.05, 4.69) is 10.6 Å². The standard InChI is InChI=1S/C24H18ClN3O4S/c25-17-8-10-18(11-9-17)26-23(31)19-6-1-2-7-20(19)27-22(30)16-5-3-4-15(12-16)13-28-21(29)14-33-24(28)32/h1-12H,13-14H2,(H,26,31)(H,27,30). The lowest BCUT2D eigenvalue weighted by molar-refractivity contribution is -0.125. The number of nitrogens with one attached hydrogen (secondary N) is 2. The summed E-state index contributed by atoms with van der Waals surface area (Å²) in [4.78, 5) is 50.5. The minimum atomic E-state index is -0.419. The first kappa shape index (κ1) is 22.6. The zero-order chi connectivity index (χ0) is 23.4. The molecule has 9 heteroatoms. The first-order valence-corrected chi connectivity index (χ1v) is 11.3. The number of para-hydroxylation sites is 1. The number of halogens is 1. The van der Waals surface area contributed by atoms with Crippen molar-refractivity contribution in [3.8, 4) is 0 Å². The summed E-state index contributed by atoms with van der Waals surface area (Å²) >= 11 is 6.85. The molecule has 0 radical (unpaired) electrons. The summed E-state index contributed by atoms with van der Waals surface area (Å²) in [6, 6.07) is 20.0. The molecule has 166 valence electrons. The van der Waals surface area contributed by atoms with Crippen LogP contribution in [0.15, 0.2) is 72.8 Å². The van der Waals surface area contributed by atoms with Gasteiger partial charge in [-0.1, -0.05) is 47.6 Å². The highest BCUT2D eigenvalue weighted by molar-refractivity contribution is 8.14. The molecule has 1 heterocycles. The predicted molar refractivity (Wildman–Crippen MR) is 129 cm³/mol. The number of amides is 4. The molecule has 0 bridgehead atoms. The number of rotatable bonds is 6. The molecular weight excluding hydrogens is 462 g/mol. The van der Waals surface area contributed by atoms with Crippen LogP contribution in [0.25, 0.3) is 0 Å². The van der Waals surface area contributed by atoms with Crippen molar-refractivity contribution in [2.45, 2.75) is 6.54 Å². The van der Waals surface area contributed by atoms with Crippen LogP contribution in [0.5, 0.6) is 0 Å². The minimum absolute atomic E-state index is 0.103. The third kappa shape index (κ3) is 5.42. The van der Waals surface area contributed by atoms with Crippen molar-refractivity contribution in [3.05, 3.63) is 94.5 Å². The van der Waals surface area contributed by atoms with Crippen LogP contribution < -0.4 is 10.6 Å². The molecule has 0 aliphatic carbocycles. The largest absolute Gasteiger partial charge is 0.322 e.